The molecule has 0 radical (unpaired) electrons. The number of benzene rings is 3. The fourth-order valence-corrected chi connectivity index (χ4v) is 5.80. The van der Waals surface area contributed by atoms with Gasteiger partial charge in [-0.1, -0.05) is 18.2 Å². The van der Waals surface area contributed by atoms with Crippen molar-refractivity contribution in [2.75, 3.05) is 36.4 Å². The summed E-state index contributed by atoms with van der Waals surface area (Å²) >= 11 is 0. The molecule has 0 bridgehead atoms. The van der Waals surface area contributed by atoms with Gasteiger partial charge < -0.3 is 20.1 Å². The second-order valence-electron chi connectivity index (χ2n) is 9.35. The summed E-state index contributed by atoms with van der Waals surface area (Å²) in [6.45, 7) is 1.80. The Morgan fingerprint density at radius 2 is 1.85 bits per heavy atom. The lowest BCUT2D eigenvalue weighted by atomic mass is 10.1. The third-order valence-electron chi connectivity index (χ3n) is 6.57. The zero-order chi connectivity index (χ0) is 29.6. The number of sulfonamides is 1. The Balaban J connectivity index is 1.61. The highest BCUT2D eigenvalue weighted by Gasteiger charge is 2.30. The molecule has 3 aromatic carbocycles. The summed E-state index contributed by atoms with van der Waals surface area (Å²) in [4.78, 5) is 36.6. The minimum atomic E-state index is -4.44. The van der Waals surface area contributed by atoms with Gasteiger partial charge in [0.05, 0.1) is 40.0 Å². The summed E-state index contributed by atoms with van der Waals surface area (Å²) in [5, 5.41) is 16.9. The van der Waals surface area contributed by atoms with E-state index in [2.05, 4.69) is 10.6 Å². The molecule has 1 saturated heterocycles. The molecule has 1 atom stereocenters. The highest BCUT2D eigenvalue weighted by atomic mass is 32.2. The van der Waals surface area contributed by atoms with Crippen LogP contribution in [0.5, 0.6) is 5.75 Å². The maximum Gasteiger partial charge on any atom is 0.273 e. The summed E-state index contributed by atoms with van der Waals surface area (Å²) in [6, 6.07) is 15.9. The maximum absolute atomic E-state index is 13.8. The summed E-state index contributed by atoms with van der Waals surface area (Å²) in [6.07, 6.45) is 1.71. The van der Waals surface area contributed by atoms with E-state index in [1.54, 1.807) is 18.2 Å². The van der Waals surface area contributed by atoms with Crippen LogP contribution >= 0.6 is 0 Å². The minimum Gasteiger partial charge on any atom is -0.497 e. The Kier molecular flexibility index (Phi) is 9.20. The van der Waals surface area contributed by atoms with Crippen LogP contribution in [0.2, 0.25) is 0 Å². The zero-order valence-corrected chi connectivity index (χ0v) is 23.3. The lowest BCUT2D eigenvalue weighted by molar-refractivity contribution is -0.385. The topological polar surface area (TPSA) is 157 Å². The van der Waals surface area contributed by atoms with Gasteiger partial charge in [-0.15, -0.1) is 0 Å². The van der Waals surface area contributed by atoms with E-state index in [-0.39, 0.29) is 39.2 Å². The average Bonchev–Trinajstić information content (AvgIpc) is 3.49. The molecule has 2 amide bonds. The number of anilines is 2. The molecule has 3 aromatic rings. The molecule has 0 aliphatic carbocycles. The van der Waals surface area contributed by atoms with Crippen molar-refractivity contribution in [2.45, 2.75) is 30.8 Å². The van der Waals surface area contributed by atoms with Crippen LogP contribution in [0.4, 0.5) is 17.1 Å². The fraction of sp³-hybridized carbons (Fsp3) is 0.286. The number of rotatable bonds is 11. The summed E-state index contributed by atoms with van der Waals surface area (Å²) in [5.41, 5.74) is 0.448. The van der Waals surface area contributed by atoms with Gasteiger partial charge in [-0.3, -0.25) is 24.0 Å². The number of carbonyl (C=O) groups excluding carboxylic acids is 2. The van der Waals surface area contributed by atoms with Gasteiger partial charge in [-0.25, -0.2) is 8.42 Å². The van der Waals surface area contributed by atoms with E-state index in [0.717, 1.165) is 23.2 Å². The summed E-state index contributed by atoms with van der Waals surface area (Å²) in [7, 11) is -2.99. The molecule has 4 rings (SSSR count). The standard InChI is InChI=1S/C28H30N4O8S/c1-19-9-14-23(16-26(19)32(35)36)41(37,38)31(20-10-12-21(39-2)13-11-20)18-27(33)30-25-8-4-3-7-24(25)28(34)29-17-22-6-5-15-40-22/h3-4,7-14,16,22H,5-6,15,17-18H2,1-2H3,(H,29,34)(H,30,33)/t22-/m1/s1. The number of aryl methyl sites for hydroxylation is 1. The first-order valence-corrected chi connectivity index (χ1v) is 14.2. The van der Waals surface area contributed by atoms with E-state index < -0.39 is 33.3 Å². The Morgan fingerprint density at radius 1 is 1.12 bits per heavy atom. The van der Waals surface area contributed by atoms with Gasteiger partial charge in [-0.05, 0) is 62.2 Å². The first kappa shape index (κ1) is 29.5. The van der Waals surface area contributed by atoms with Crippen molar-refractivity contribution in [3.63, 3.8) is 0 Å². The van der Waals surface area contributed by atoms with Crippen molar-refractivity contribution in [2.24, 2.45) is 0 Å². The summed E-state index contributed by atoms with van der Waals surface area (Å²) in [5.74, 6) is -0.683. The van der Waals surface area contributed by atoms with Crippen molar-refractivity contribution in [3.05, 3.63) is 88.0 Å². The molecule has 0 spiro atoms. The zero-order valence-electron chi connectivity index (χ0n) is 22.5. The first-order valence-electron chi connectivity index (χ1n) is 12.8. The number of nitrogens with one attached hydrogen (secondary N) is 2. The molecule has 0 unspecified atom stereocenters. The van der Waals surface area contributed by atoms with Gasteiger partial charge in [0.25, 0.3) is 21.6 Å². The van der Waals surface area contributed by atoms with Crippen molar-refractivity contribution >= 4 is 38.9 Å². The Morgan fingerprint density at radius 3 is 2.51 bits per heavy atom. The summed E-state index contributed by atoms with van der Waals surface area (Å²) < 4.78 is 39.1. The van der Waals surface area contributed by atoms with Crippen LogP contribution in [-0.4, -0.2) is 58.1 Å². The molecule has 0 saturated carbocycles. The lowest BCUT2D eigenvalue weighted by Gasteiger charge is -2.24. The van der Waals surface area contributed by atoms with Crippen LogP contribution in [0, 0.1) is 17.0 Å². The molecule has 41 heavy (non-hydrogen) atoms. The molecule has 216 valence electrons. The van der Waals surface area contributed by atoms with Gasteiger partial charge in [0.15, 0.2) is 0 Å². The molecule has 1 fully saturated rings. The predicted octanol–water partition coefficient (Wildman–Crippen LogP) is 3.65. The van der Waals surface area contributed by atoms with Crippen molar-refractivity contribution in [3.8, 4) is 5.75 Å². The highest BCUT2D eigenvalue weighted by molar-refractivity contribution is 7.92. The van der Waals surface area contributed by atoms with Gasteiger partial charge in [0.1, 0.15) is 12.3 Å². The number of amides is 2. The van der Waals surface area contributed by atoms with Crippen LogP contribution in [-0.2, 0) is 19.6 Å². The first-order chi connectivity index (χ1) is 19.6. The third kappa shape index (κ3) is 6.99. The van der Waals surface area contributed by atoms with Crippen LogP contribution in [0.3, 0.4) is 0 Å². The number of nitro benzene ring substituents is 1. The number of nitro groups is 1. The SMILES string of the molecule is COc1ccc(N(CC(=O)Nc2ccccc2C(=O)NC[C@H]2CCCO2)S(=O)(=O)c2ccc(C)c([N+](=O)[O-])c2)cc1. The monoisotopic (exact) mass is 582 g/mol. The van der Waals surface area contributed by atoms with E-state index in [4.69, 9.17) is 9.47 Å². The number of ether oxygens (including phenoxy) is 2. The average molecular weight is 583 g/mol. The van der Waals surface area contributed by atoms with Gasteiger partial charge in [0.2, 0.25) is 5.91 Å². The second-order valence-corrected chi connectivity index (χ2v) is 11.2. The normalized spacial score (nSPS) is 14.7. The fourth-order valence-electron chi connectivity index (χ4n) is 4.35. The van der Waals surface area contributed by atoms with Gasteiger partial charge in [0, 0.05) is 24.8 Å². The van der Waals surface area contributed by atoms with Gasteiger partial charge in [-0.2, -0.15) is 0 Å². The number of hydrogen-bond donors (Lipinski definition) is 2. The molecule has 1 aliphatic rings. The lowest BCUT2D eigenvalue weighted by Crippen LogP contribution is -2.38. The third-order valence-corrected chi connectivity index (χ3v) is 8.34. The van der Waals surface area contributed by atoms with E-state index in [0.29, 0.717) is 18.9 Å². The van der Waals surface area contributed by atoms with E-state index >= 15 is 0 Å². The van der Waals surface area contributed by atoms with Crippen LogP contribution in [0.15, 0.2) is 71.6 Å². The van der Waals surface area contributed by atoms with E-state index in [1.807, 2.05) is 0 Å². The molecule has 1 aliphatic heterocycles. The quantitative estimate of drug-likeness (QED) is 0.256. The number of nitrogens with zero attached hydrogens (tertiary/aromatic N) is 2. The number of carbonyl (C=O) groups is 2. The number of methoxy groups -OCH3 is 1. The Hall–Kier alpha value is -4.49. The van der Waals surface area contributed by atoms with Crippen LogP contribution in [0.25, 0.3) is 0 Å². The number of para-hydroxylation sites is 1. The minimum absolute atomic E-state index is 0.0680. The van der Waals surface area contributed by atoms with Gasteiger partial charge >= 0.3 is 0 Å². The maximum atomic E-state index is 13.8. The second kappa shape index (κ2) is 12.8. The molecule has 2 N–H and O–H groups in total. The van der Waals surface area contributed by atoms with Crippen molar-refractivity contribution in [1.82, 2.24) is 5.32 Å². The molecular formula is C28H30N4O8S. The Labute approximate surface area is 237 Å². The van der Waals surface area contributed by atoms with Crippen molar-refractivity contribution < 1.29 is 32.4 Å². The van der Waals surface area contributed by atoms with E-state index in [9.17, 15) is 28.1 Å². The largest absolute Gasteiger partial charge is 0.497 e. The highest BCUT2D eigenvalue weighted by Crippen LogP contribution is 2.29. The molecule has 13 heteroatoms. The molecule has 0 aromatic heterocycles. The number of hydrogen-bond acceptors (Lipinski definition) is 8. The smallest absolute Gasteiger partial charge is 0.273 e. The predicted molar refractivity (Wildman–Crippen MR) is 152 cm³/mol. The van der Waals surface area contributed by atoms with E-state index in [1.165, 1.54) is 56.5 Å². The van der Waals surface area contributed by atoms with Crippen LogP contribution in [0.1, 0.15) is 28.8 Å². The van der Waals surface area contributed by atoms with Crippen molar-refractivity contribution in [1.29, 1.82) is 0 Å². The molecular weight excluding hydrogens is 552 g/mol. The molecule has 1 heterocycles. The molecule has 12 nitrogen and oxygen atoms in total. The van der Waals surface area contributed by atoms with Crippen LogP contribution < -0.4 is 19.7 Å². The Bertz CT molecular complexity index is 1540.